The molecule has 0 N–H and O–H groups in total. The van der Waals surface area contributed by atoms with E-state index in [9.17, 15) is 0 Å². The number of benzene rings is 2. The van der Waals surface area contributed by atoms with Gasteiger partial charge in [0, 0.05) is 17.8 Å². The van der Waals surface area contributed by atoms with Gasteiger partial charge in [-0.05, 0) is 35.9 Å². The van der Waals surface area contributed by atoms with Crippen LogP contribution in [-0.2, 0) is 6.61 Å². The fourth-order valence-corrected chi connectivity index (χ4v) is 3.75. The van der Waals surface area contributed by atoms with Gasteiger partial charge in [0.1, 0.15) is 18.1 Å². The van der Waals surface area contributed by atoms with E-state index in [0.717, 1.165) is 44.7 Å². The number of ether oxygens (including phenoxy) is 4. The average molecular weight is 366 g/mol. The summed E-state index contributed by atoms with van der Waals surface area (Å²) in [5, 5.41) is 0.694. The Balaban J connectivity index is 1.44. The van der Waals surface area contributed by atoms with Gasteiger partial charge < -0.3 is 18.9 Å². The highest BCUT2D eigenvalue weighted by molar-refractivity contribution is 7.15. The van der Waals surface area contributed by atoms with Gasteiger partial charge in [-0.25, -0.2) is 9.98 Å². The topological polar surface area (TPSA) is 62.2 Å². The lowest BCUT2D eigenvalue weighted by Crippen LogP contribution is -2.03. The first kappa shape index (κ1) is 15.2. The normalized spacial score (nSPS) is 14.0. The van der Waals surface area contributed by atoms with E-state index in [1.165, 1.54) is 11.3 Å². The molecule has 0 atom stereocenters. The van der Waals surface area contributed by atoms with E-state index in [0.29, 0.717) is 11.7 Å². The molecule has 0 aliphatic carbocycles. The minimum absolute atomic E-state index is 0.263. The molecule has 0 spiro atoms. The molecule has 5 rings (SSSR count). The van der Waals surface area contributed by atoms with Gasteiger partial charge in [0.2, 0.25) is 11.9 Å². The maximum Gasteiger partial charge on any atom is 0.231 e. The summed E-state index contributed by atoms with van der Waals surface area (Å²) in [4.78, 5) is 10.3. The molecule has 0 bridgehead atoms. The van der Waals surface area contributed by atoms with E-state index in [1.54, 1.807) is 13.3 Å². The van der Waals surface area contributed by atoms with Crippen molar-refractivity contribution < 1.29 is 18.9 Å². The first-order chi connectivity index (χ1) is 12.8. The summed E-state index contributed by atoms with van der Waals surface area (Å²) in [6, 6.07) is 11.5. The second-order valence-corrected chi connectivity index (χ2v) is 6.85. The molecule has 2 aromatic carbocycles. The van der Waals surface area contributed by atoms with Gasteiger partial charge in [-0.3, -0.25) is 0 Å². The summed E-state index contributed by atoms with van der Waals surface area (Å²) in [6.07, 6.45) is 1.78. The molecule has 0 unspecified atom stereocenters. The van der Waals surface area contributed by atoms with Crippen LogP contribution in [0.1, 0.15) is 10.4 Å². The summed E-state index contributed by atoms with van der Waals surface area (Å²) in [7, 11) is 1.64. The quantitative estimate of drug-likeness (QED) is 0.651. The van der Waals surface area contributed by atoms with Gasteiger partial charge in [0.15, 0.2) is 11.5 Å². The maximum absolute atomic E-state index is 5.83. The monoisotopic (exact) mass is 366 g/mol. The van der Waals surface area contributed by atoms with Crippen LogP contribution in [0.2, 0.25) is 0 Å². The lowest BCUT2D eigenvalue weighted by atomic mass is 10.1. The number of aliphatic imine (C=N–C) groups is 1. The Kier molecular flexibility index (Phi) is 3.53. The Labute approximate surface area is 153 Å². The van der Waals surface area contributed by atoms with Gasteiger partial charge in [0.05, 0.1) is 17.7 Å². The molecule has 0 saturated carbocycles. The van der Waals surface area contributed by atoms with Crippen molar-refractivity contribution in [1.29, 1.82) is 0 Å². The minimum atomic E-state index is 0.263. The molecule has 2 aliphatic rings. The van der Waals surface area contributed by atoms with Gasteiger partial charge in [-0.1, -0.05) is 11.3 Å². The highest BCUT2D eigenvalue weighted by atomic mass is 32.1. The van der Waals surface area contributed by atoms with Crippen LogP contribution in [0.3, 0.4) is 0 Å². The summed E-state index contributed by atoms with van der Waals surface area (Å²) < 4.78 is 21.8. The molecule has 1 aromatic heterocycles. The molecule has 7 heteroatoms. The van der Waals surface area contributed by atoms with Crippen LogP contribution in [0.5, 0.6) is 23.0 Å². The molecule has 2 aliphatic heterocycles. The Hall–Kier alpha value is -3.06. The predicted molar refractivity (Wildman–Crippen MR) is 98.3 cm³/mol. The van der Waals surface area contributed by atoms with E-state index >= 15 is 0 Å². The van der Waals surface area contributed by atoms with Crippen molar-refractivity contribution in [3.8, 4) is 34.3 Å². The van der Waals surface area contributed by atoms with E-state index in [4.69, 9.17) is 18.9 Å². The van der Waals surface area contributed by atoms with Crippen molar-refractivity contribution in [3.05, 3.63) is 46.8 Å². The van der Waals surface area contributed by atoms with Crippen molar-refractivity contribution in [3.63, 3.8) is 0 Å². The highest BCUT2D eigenvalue weighted by Crippen LogP contribution is 2.43. The lowest BCUT2D eigenvalue weighted by molar-refractivity contribution is 0.174. The molecule has 0 radical (unpaired) electrons. The predicted octanol–water partition coefficient (Wildman–Crippen LogP) is 4.19. The zero-order valence-corrected chi connectivity index (χ0v) is 14.7. The van der Waals surface area contributed by atoms with Gasteiger partial charge in [-0.15, -0.1) is 0 Å². The molecule has 3 aromatic rings. The number of aromatic nitrogens is 1. The number of hydrogen-bond acceptors (Lipinski definition) is 7. The average Bonchev–Trinajstić information content (AvgIpc) is 3.31. The number of nitrogens with zero attached hydrogens (tertiary/aromatic N) is 2. The SMILES string of the molecule is COc1ccc2c(c1)OCc1sc(N=Cc3ccc4c(c3)OCO4)nc1-2. The minimum Gasteiger partial charge on any atom is -0.497 e. The molecule has 0 amide bonds. The van der Waals surface area contributed by atoms with Crippen LogP contribution >= 0.6 is 11.3 Å². The molecular weight excluding hydrogens is 352 g/mol. The lowest BCUT2D eigenvalue weighted by Gasteiger charge is -2.16. The van der Waals surface area contributed by atoms with Crippen LogP contribution in [0.15, 0.2) is 41.4 Å². The number of fused-ring (bicyclic) bond motifs is 4. The molecule has 6 nitrogen and oxygen atoms in total. The first-order valence-electron chi connectivity index (χ1n) is 8.05. The van der Waals surface area contributed by atoms with Gasteiger partial charge >= 0.3 is 0 Å². The number of methoxy groups -OCH3 is 1. The molecule has 26 heavy (non-hydrogen) atoms. The Bertz CT molecular complexity index is 1030. The third-order valence-corrected chi connectivity index (χ3v) is 5.15. The molecule has 0 fully saturated rings. The Morgan fingerprint density at radius 1 is 1.08 bits per heavy atom. The van der Waals surface area contributed by atoms with Crippen LogP contribution in [-0.4, -0.2) is 25.1 Å². The van der Waals surface area contributed by atoms with Crippen LogP contribution in [0.25, 0.3) is 11.3 Å². The van der Waals surface area contributed by atoms with E-state index < -0.39 is 0 Å². The van der Waals surface area contributed by atoms with Crippen LogP contribution < -0.4 is 18.9 Å². The molecule has 130 valence electrons. The van der Waals surface area contributed by atoms with Crippen molar-refractivity contribution in [2.24, 2.45) is 4.99 Å². The third-order valence-electron chi connectivity index (χ3n) is 4.21. The van der Waals surface area contributed by atoms with Gasteiger partial charge in [0.25, 0.3) is 0 Å². The van der Waals surface area contributed by atoms with Crippen LogP contribution in [0.4, 0.5) is 5.13 Å². The standard InChI is InChI=1S/C19H14N2O4S/c1-22-12-3-4-13-15(7-12)23-9-17-18(13)21-19(26-17)20-8-11-2-5-14-16(6-11)25-10-24-14/h2-8H,9-10H2,1H3. The van der Waals surface area contributed by atoms with Crippen LogP contribution in [0, 0.1) is 0 Å². The summed E-state index contributed by atoms with van der Waals surface area (Å²) in [5.41, 5.74) is 2.83. The molecule has 0 saturated heterocycles. The van der Waals surface area contributed by atoms with Crippen molar-refractivity contribution in [2.75, 3.05) is 13.9 Å². The first-order valence-corrected chi connectivity index (χ1v) is 8.86. The highest BCUT2D eigenvalue weighted by Gasteiger charge is 2.22. The third kappa shape index (κ3) is 2.57. The van der Waals surface area contributed by atoms with E-state index in [1.807, 2.05) is 36.4 Å². The number of hydrogen-bond donors (Lipinski definition) is 0. The maximum atomic E-state index is 5.83. The Morgan fingerprint density at radius 3 is 2.92 bits per heavy atom. The largest absolute Gasteiger partial charge is 0.497 e. The summed E-state index contributed by atoms with van der Waals surface area (Å²) in [6.45, 7) is 0.756. The molecule has 3 heterocycles. The number of rotatable bonds is 3. The Morgan fingerprint density at radius 2 is 2.00 bits per heavy atom. The zero-order chi connectivity index (χ0) is 17.5. The fraction of sp³-hybridized carbons (Fsp3) is 0.158. The van der Waals surface area contributed by atoms with Crippen molar-refractivity contribution in [1.82, 2.24) is 4.98 Å². The van der Waals surface area contributed by atoms with Gasteiger partial charge in [-0.2, -0.15) is 0 Å². The van der Waals surface area contributed by atoms with E-state index in [2.05, 4.69) is 9.98 Å². The van der Waals surface area contributed by atoms with Crippen molar-refractivity contribution >= 4 is 22.7 Å². The summed E-state index contributed by atoms with van der Waals surface area (Å²) in [5.74, 6) is 3.05. The number of thiazole rings is 1. The fourth-order valence-electron chi connectivity index (χ4n) is 2.91. The second-order valence-electron chi connectivity index (χ2n) is 5.79. The zero-order valence-electron chi connectivity index (χ0n) is 13.9. The van der Waals surface area contributed by atoms with E-state index in [-0.39, 0.29) is 6.79 Å². The van der Waals surface area contributed by atoms with Crippen molar-refractivity contribution in [2.45, 2.75) is 6.61 Å². The second kappa shape index (κ2) is 6.03. The smallest absolute Gasteiger partial charge is 0.231 e. The molecular formula is C19H14N2O4S. The summed E-state index contributed by atoms with van der Waals surface area (Å²) >= 11 is 1.53.